The summed E-state index contributed by atoms with van der Waals surface area (Å²) in [6.45, 7) is 3.92. The molecule has 27 heavy (non-hydrogen) atoms. The average Bonchev–Trinajstić information content (AvgIpc) is 2.59. The molecule has 1 N–H and O–H groups in total. The van der Waals surface area contributed by atoms with Crippen LogP contribution in [0.5, 0.6) is 0 Å². The first-order chi connectivity index (χ1) is 12.6. The van der Waals surface area contributed by atoms with Gasteiger partial charge in [0.15, 0.2) is 0 Å². The number of halogens is 3. The Hall–Kier alpha value is -2.83. The van der Waals surface area contributed by atoms with E-state index in [4.69, 9.17) is 0 Å². The van der Waals surface area contributed by atoms with Gasteiger partial charge in [0.1, 0.15) is 0 Å². The largest absolute Gasteiger partial charge is 0.416 e. The number of hydrogen-bond acceptors (Lipinski definition) is 2. The summed E-state index contributed by atoms with van der Waals surface area (Å²) in [7, 11) is 0. The molecule has 0 aromatic heterocycles. The van der Waals surface area contributed by atoms with E-state index in [0.717, 1.165) is 23.3 Å². The van der Waals surface area contributed by atoms with Crippen LogP contribution in [-0.2, 0) is 22.3 Å². The number of carbonyl (C=O) groups excluding carboxylic acids is 2. The molecule has 0 spiro atoms. The summed E-state index contributed by atoms with van der Waals surface area (Å²) in [6, 6.07) is 12.1. The van der Waals surface area contributed by atoms with Crippen LogP contribution in [-0.4, -0.2) is 23.3 Å². The molecule has 0 atom stereocenters. The third-order valence-electron chi connectivity index (χ3n) is 4.02. The van der Waals surface area contributed by atoms with Crippen LogP contribution < -0.4 is 5.32 Å². The maximum atomic E-state index is 12.7. The van der Waals surface area contributed by atoms with Crippen molar-refractivity contribution in [3.05, 3.63) is 65.2 Å². The molecule has 2 rings (SSSR count). The van der Waals surface area contributed by atoms with E-state index in [1.807, 2.05) is 31.2 Å². The van der Waals surface area contributed by atoms with Gasteiger partial charge < -0.3 is 10.2 Å². The molecule has 0 saturated heterocycles. The van der Waals surface area contributed by atoms with Crippen molar-refractivity contribution >= 4 is 17.5 Å². The first-order valence-corrected chi connectivity index (χ1v) is 8.43. The van der Waals surface area contributed by atoms with Crippen molar-refractivity contribution in [1.29, 1.82) is 0 Å². The molecule has 0 aliphatic heterocycles. The van der Waals surface area contributed by atoms with Crippen molar-refractivity contribution in [1.82, 2.24) is 4.90 Å². The second-order valence-corrected chi connectivity index (χ2v) is 6.30. The van der Waals surface area contributed by atoms with E-state index in [0.29, 0.717) is 6.54 Å². The Morgan fingerprint density at radius 1 is 1.07 bits per heavy atom. The van der Waals surface area contributed by atoms with Crippen molar-refractivity contribution in [2.24, 2.45) is 0 Å². The Morgan fingerprint density at radius 2 is 1.74 bits per heavy atom. The van der Waals surface area contributed by atoms with Gasteiger partial charge in [-0.2, -0.15) is 13.2 Å². The highest BCUT2D eigenvalue weighted by atomic mass is 19.4. The van der Waals surface area contributed by atoms with Crippen LogP contribution in [0, 0.1) is 6.92 Å². The molecule has 144 valence electrons. The summed E-state index contributed by atoms with van der Waals surface area (Å²) >= 11 is 0. The van der Waals surface area contributed by atoms with Gasteiger partial charge in [0.05, 0.1) is 5.56 Å². The Balaban J connectivity index is 1.94. The topological polar surface area (TPSA) is 49.4 Å². The minimum Gasteiger partial charge on any atom is -0.338 e. The monoisotopic (exact) mass is 378 g/mol. The van der Waals surface area contributed by atoms with E-state index in [-0.39, 0.29) is 24.6 Å². The van der Waals surface area contributed by atoms with Crippen molar-refractivity contribution in [3.63, 3.8) is 0 Å². The molecule has 4 nitrogen and oxygen atoms in total. The standard InChI is InChI=1S/C20H21F3N2O2/c1-14-6-8-16(9-7-14)13-25(15(2)26)11-10-19(27)24-18-5-3-4-17(12-18)20(21,22)23/h3-9,12H,10-11,13H2,1-2H3,(H,24,27). The van der Waals surface area contributed by atoms with Crippen LogP contribution in [0.2, 0.25) is 0 Å². The summed E-state index contributed by atoms with van der Waals surface area (Å²) in [6.07, 6.45) is -4.48. The van der Waals surface area contributed by atoms with E-state index < -0.39 is 17.6 Å². The van der Waals surface area contributed by atoms with Gasteiger partial charge >= 0.3 is 6.18 Å². The van der Waals surface area contributed by atoms with E-state index in [2.05, 4.69) is 5.32 Å². The van der Waals surface area contributed by atoms with Gasteiger partial charge in [-0.25, -0.2) is 0 Å². The smallest absolute Gasteiger partial charge is 0.338 e. The van der Waals surface area contributed by atoms with Gasteiger partial charge in [0.25, 0.3) is 0 Å². The van der Waals surface area contributed by atoms with Crippen molar-refractivity contribution in [2.45, 2.75) is 33.0 Å². The fourth-order valence-electron chi connectivity index (χ4n) is 2.49. The van der Waals surface area contributed by atoms with E-state index in [9.17, 15) is 22.8 Å². The summed E-state index contributed by atoms with van der Waals surface area (Å²) in [5, 5.41) is 2.44. The first-order valence-electron chi connectivity index (χ1n) is 8.43. The zero-order valence-electron chi connectivity index (χ0n) is 15.1. The molecule has 2 amide bonds. The number of anilines is 1. The molecule has 0 heterocycles. The normalized spacial score (nSPS) is 11.1. The van der Waals surface area contributed by atoms with Crippen LogP contribution in [0.25, 0.3) is 0 Å². The lowest BCUT2D eigenvalue weighted by atomic mass is 10.1. The lowest BCUT2D eigenvalue weighted by Crippen LogP contribution is -2.31. The number of carbonyl (C=O) groups is 2. The van der Waals surface area contributed by atoms with Crippen molar-refractivity contribution in [3.8, 4) is 0 Å². The number of alkyl halides is 3. The highest BCUT2D eigenvalue weighted by Gasteiger charge is 2.30. The third-order valence-corrected chi connectivity index (χ3v) is 4.02. The molecular weight excluding hydrogens is 357 g/mol. The van der Waals surface area contributed by atoms with Crippen LogP contribution in [0.1, 0.15) is 30.0 Å². The van der Waals surface area contributed by atoms with Gasteiger partial charge in [0.2, 0.25) is 11.8 Å². The van der Waals surface area contributed by atoms with Crippen molar-refractivity contribution < 1.29 is 22.8 Å². The molecule has 7 heteroatoms. The van der Waals surface area contributed by atoms with Gasteiger partial charge in [-0.05, 0) is 30.7 Å². The van der Waals surface area contributed by atoms with Gasteiger partial charge in [-0.1, -0.05) is 35.9 Å². The zero-order chi connectivity index (χ0) is 20.0. The maximum Gasteiger partial charge on any atom is 0.416 e. The second kappa shape index (κ2) is 8.70. The lowest BCUT2D eigenvalue weighted by Gasteiger charge is -2.21. The molecular formula is C20H21F3N2O2. The number of aryl methyl sites for hydroxylation is 1. The minimum absolute atomic E-state index is 0.0122. The van der Waals surface area contributed by atoms with Crippen LogP contribution >= 0.6 is 0 Å². The third kappa shape index (κ3) is 6.44. The van der Waals surface area contributed by atoms with Gasteiger partial charge in [0, 0.05) is 32.1 Å². The van der Waals surface area contributed by atoms with Crippen LogP contribution in [0.4, 0.5) is 18.9 Å². The summed E-state index contributed by atoms with van der Waals surface area (Å²) in [5.74, 6) is -0.632. The second-order valence-electron chi connectivity index (χ2n) is 6.30. The predicted molar refractivity (Wildman–Crippen MR) is 97.0 cm³/mol. The highest BCUT2D eigenvalue weighted by Crippen LogP contribution is 2.30. The highest BCUT2D eigenvalue weighted by molar-refractivity contribution is 5.91. The SMILES string of the molecule is CC(=O)N(CCC(=O)Nc1cccc(C(F)(F)F)c1)Cc1ccc(C)cc1. The van der Waals surface area contributed by atoms with Gasteiger partial charge in [-0.15, -0.1) is 0 Å². The Labute approximate surface area is 156 Å². The fraction of sp³-hybridized carbons (Fsp3) is 0.300. The first kappa shape index (κ1) is 20.5. The Bertz CT molecular complexity index is 802. The van der Waals surface area contributed by atoms with E-state index in [1.165, 1.54) is 24.0 Å². The van der Waals surface area contributed by atoms with Crippen LogP contribution in [0.3, 0.4) is 0 Å². The number of hydrogen-bond donors (Lipinski definition) is 1. The number of nitrogens with one attached hydrogen (secondary N) is 1. The number of nitrogens with zero attached hydrogens (tertiary/aromatic N) is 1. The summed E-state index contributed by atoms with van der Waals surface area (Å²) in [5.41, 5.74) is 1.29. The molecule has 0 unspecified atom stereocenters. The molecule has 2 aromatic carbocycles. The molecule has 0 fully saturated rings. The molecule has 2 aromatic rings. The molecule has 0 radical (unpaired) electrons. The van der Waals surface area contributed by atoms with Crippen LogP contribution in [0.15, 0.2) is 48.5 Å². The minimum atomic E-state index is -4.47. The maximum absolute atomic E-state index is 12.7. The zero-order valence-corrected chi connectivity index (χ0v) is 15.1. The fourth-order valence-corrected chi connectivity index (χ4v) is 2.49. The van der Waals surface area contributed by atoms with E-state index >= 15 is 0 Å². The summed E-state index contributed by atoms with van der Waals surface area (Å²) in [4.78, 5) is 25.4. The average molecular weight is 378 g/mol. The quantitative estimate of drug-likeness (QED) is 0.810. The molecule has 0 aliphatic rings. The van der Waals surface area contributed by atoms with E-state index in [1.54, 1.807) is 0 Å². The molecule has 0 saturated carbocycles. The Kier molecular flexibility index (Phi) is 6.60. The Morgan fingerprint density at radius 3 is 2.33 bits per heavy atom. The van der Waals surface area contributed by atoms with Crippen molar-refractivity contribution in [2.75, 3.05) is 11.9 Å². The lowest BCUT2D eigenvalue weighted by molar-refractivity contribution is -0.137. The number of benzene rings is 2. The molecule has 0 bridgehead atoms. The van der Waals surface area contributed by atoms with Gasteiger partial charge in [-0.3, -0.25) is 9.59 Å². The predicted octanol–water partition coefficient (Wildman–Crippen LogP) is 4.39. The number of amides is 2. The summed E-state index contributed by atoms with van der Waals surface area (Å²) < 4.78 is 38.2. The molecule has 0 aliphatic carbocycles. The number of rotatable bonds is 6.